The summed E-state index contributed by atoms with van der Waals surface area (Å²) in [6.07, 6.45) is 1.44. The van der Waals surface area contributed by atoms with Gasteiger partial charge in [-0.2, -0.15) is 0 Å². The first-order valence-corrected chi connectivity index (χ1v) is 7.42. The lowest BCUT2D eigenvalue weighted by molar-refractivity contribution is -0.384. The van der Waals surface area contributed by atoms with Crippen molar-refractivity contribution in [3.8, 4) is 11.3 Å². The second-order valence-corrected chi connectivity index (χ2v) is 5.90. The van der Waals surface area contributed by atoms with E-state index in [-0.39, 0.29) is 15.6 Å². The monoisotopic (exact) mass is 350 g/mol. The molecule has 0 bridgehead atoms. The third kappa shape index (κ3) is 3.13. The minimum atomic E-state index is -0.541. The molecule has 1 aromatic heterocycles. The maximum atomic E-state index is 11.5. The molecule has 2 amide bonds. The number of nitro benzene ring substituents is 1. The minimum Gasteiger partial charge on any atom is -0.457 e. The fraction of sp³-hybridized carbons (Fsp3) is 0. The van der Waals surface area contributed by atoms with Gasteiger partial charge in [-0.3, -0.25) is 25.0 Å². The SMILES string of the molecule is O=C1NC(=O)/C(=C/c2ccc(-c3ccc([N+](=O)[O-])cc3Cl)o2)S1. The van der Waals surface area contributed by atoms with Crippen molar-refractivity contribution in [3.63, 3.8) is 0 Å². The Morgan fingerprint density at radius 3 is 2.65 bits per heavy atom. The molecule has 1 saturated heterocycles. The molecule has 9 heteroatoms. The lowest BCUT2D eigenvalue weighted by Crippen LogP contribution is -2.17. The summed E-state index contributed by atoms with van der Waals surface area (Å²) in [7, 11) is 0. The third-order valence-corrected chi connectivity index (χ3v) is 4.09. The van der Waals surface area contributed by atoms with Gasteiger partial charge in [-0.1, -0.05) is 11.6 Å². The highest BCUT2D eigenvalue weighted by Gasteiger charge is 2.25. The Morgan fingerprint density at radius 2 is 2.04 bits per heavy atom. The number of carbonyl (C=O) groups is 2. The summed E-state index contributed by atoms with van der Waals surface area (Å²) in [6, 6.07) is 7.27. The smallest absolute Gasteiger partial charge is 0.290 e. The number of nitro groups is 1. The summed E-state index contributed by atoms with van der Waals surface area (Å²) in [5.41, 5.74) is 0.367. The number of nitrogens with zero attached hydrogens (tertiary/aromatic N) is 1. The summed E-state index contributed by atoms with van der Waals surface area (Å²) in [5, 5.41) is 12.6. The summed E-state index contributed by atoms with van der Waals surface area (Å²) in [5.74, 6) is 0.277. The van der Waals surface area contributed by atoms with Crippen molar-refractivity contribution in [2.24, 2.45) is 0 Å². The molecule has 23 heavy (non-hydrogen) atoms. The fourth-order valence-electron chi connectivity index (χ4n) is 1.94. The van der Waals surface area contributed by atoms with Crippen LogP contribution in [0.5, 0.6) is 0 Å². The van der Waals surface area contributed by atoms with Crippen LogP contribution in [0.4, 0.5) is 10.5 Å². The van der Waals surface area contributed by atoms with Gasteiger partial charge in [0.1, 0.15) is 11.5 Å². The average Bonchev–Trinajstić information content (AvgIpc) is 3.06. The lowest BCUT2D eigenvalue weighted by Gasteiger charge is -2.00. The van der Waals surface area contributed by atoms with E-state index < -0.39 is 16.1 Å². The minimum absolute atomic E-state index is 0.120. The van der Waals surface area contributed by atoms with Crippen molar-refractivity contribution in [3.05, 3.63) is 56.1 Å². The van der Waals surface area contributed by atoms with Crippen LogP contribution in [0.3, 0.4) is 0 Å². The van der Waals surface area contributed by atoms with E-state index in [1.165, 1.54) is 24.3 Å². The number of halogens is 1. The Balaban J connectivity index is 1.91. The van der Waals surface area contributed by atoms with Crippen LogP contribution in [0.15, 0.2) is 39.7 Å². The summed E-state index contributed by atoms with van der Waals surface area (Å²) in [6.45, 7) is 0. The van der Waals surface area contributed by atoms with Crippen molar-refractivity contribution in [2.75, 3.05) is 0 Å². The standard InChI is InChI=1S/C14H7ClN2O5S/c15-10-5-7(17(20)21)1-3-9(10)11-4-2-8(22-11)6-12-13(18)16-14(19)23-12/h1-6H,(H,16,18,19)/b12-6-. The topological polar surface area (TPSA) is 102 Å². The Labute approximate surface area is 138 Å². The quantitative estimate of drug-likeness (QED) is 0.512. The molecule has 1 N–H and O–H groups in total. The van der Waals surface area contributed by atoms with E-state index >= 15 is 0 Å². The molecule has 7 nitrogen and oxygen atoms in total. The van der Waals surface area contributed by atoms with Gasteiger partial charge in [0.15, 0.2) is 0 Å². The molecule has 2 heterocycles. The van der Waals surface area contributed by atoms with E-state index in [9.17, 15) is 19.7 Å². The van der Waals surface area contributed by atoms with Crippen LogP contribution in [0.1, 0.15) is 5.76 Å². The van der Waals surface area contributed by atoms with Crippen LogP contribution in [-0.4, -0.2) is 16.1 Å². The number of thioether (sulfide) groups is 1. The van der Waals surface area contributed by atoms with Gasteiger partial charge in [0.25, 0.3) is 16.8 Å². The van der Waals surface area contributed by atoms with Gasteiger partial charge in [-0.25, -0.2) is 0 Å². The molecule has 1 aliphatic rings. The fourth-order valence-corrected chi connectivity index (χ4v) is 2.87. The molecule has 3 rings (SSSR count). The van der Waals surface area contributed by atoms with Crippen LogP contribution in [0, 0.1) is 10.1 Å². The number of benzene rings is 1. The number of hydrogen-bond acceptors (Lipinski definition) is 6. The summed E-state index contributed by atoms with van der Waals surface area (Å²) in [4.78, 5) is 33.0. The zero-order chi connectivity index (χ0) is 16.6. The number of amides is 2. The zero-order valence-electron chi connectivity index (χ0n) is 11.2. The number of furan rings is 1. The van der Waals surface area contributed by atoms with Crippen molar-refractivity contribution in [1.82, 2.24) is 5.32 Å². The van der Waals surface area contributed by atoms with Crippen molar-refractivity contribution in [1.29, 1.82) is 0 Å². The molecule has 0 saturated carbocycles. The molecule has 2 aromatic rings. The highest BCUT2D eigenvalue weighted by molar-refractivity contribution is 8.18. The first-order valence-electron chi connectivity index (χ1n) is 6.23. The normalized spacial score (nSPS) is 16.0. The number of rotatable bonds is 3. The second kappa shape index (κ2) is 5.90. The van der Waals surface area contributed by atoms with Crippen molar-refractivity contribution >= 4 is 46.3 Å². The highest BCUT2D eigenvalue weighted by Crippen LogP contribution is 2.33. The van der Waals surface area contributed by atoms with Gasteiger partial charge in [-0.15, -0.1) is 0 Å². The van der Waals surface area contributed by atoms with Crippen LogP contribution in [0.2, 0.25) is 5.02 Å². The van der Waals surface area contributed by atoms with E-state index in [4.69, 9.17) is 16.0 Å². The molecule has 0 atom stereocenters. The molecule has 1 fully saturated rings. The van der Waals surface area contributed by atoms with Gasteiger partial charge < -0.3 is 4.42 Å². The van der Waals surface area contributed by atoms with Crippen LogP contribution in [-0.2, 0) is 4.79 Å². The van der Waals surface area contributed by atoms with Crippen LogP contribution >= 0.6 is 23.4 Å². The summed E-state index contributed by atoms with van der Waals surface area (Å²) < 4.78 is 5.56. The molecular formula is C14H7ClN2O5S. The molecule has 1 aromatic carbocycles. The zero-order valence-corrected chi connectivity index (χ0v) is 12.8. The third-order valence-electron chi connectivity index (χ3n) is 2.97. The first-order chi connectivity index (χ1) is 10.9. The predicted molar refractivity (Wildman–Crippen MR) is 84.9 cm³/mol. The van der Waals surface area contributed by atoms with Gasteiger partial charge in [0, 0.05) is 23.8 Å². The van der Waals surface area contributed by atoms with E-state index in [1.807, 2.05) is 0 Å². The van der Waals surface area contributed by atoms with Gasteiger partial charge in [0.05, 0.1) is 14.9 Å². The van der Waals surface area contributed by atoms with Crippen LogP contribution < -0.4 is 5.32 Å². The largest absolute Gasteiger partial charge is 0.457 e. The number of hydrogen-bond donors (Lipinski definition) is 1. The number of nitrogens with one attached hydrogen (secondary N) is 1. The maximum Gasteiger partial charge on any atom is 0.290 e. The van der Waals surface area contributed by atoms with Crippen molar-refractivity contribution in [2.45, 2.75) is 0 Å². The average molecular weight is 351 g/mol. The molecule has 1 aliphatic heterocycles. The molecule has 0 unspecified atom stereocenters. The molecule has 0 spiro atoms. The molecule has 0 radical (unpaired) electrons. The summed E-state index contributed by atoms with van der Waals surface area (Å²) >= 11 is 6.82. The van der Waals surface area contributed by atoms with Crippen molar-refractivity contribution < 1.29 is 18.9 Å². The second-order valence-electron chi connectivity index (χ2n) is 4.48. The van der Waals surface area contributed by atoms with Gasteiger partial charge >= 0.3 is 0 Å². The predicted octanol–water partition coefficient (Wildman–Crippen LogP) is 3.83. The van der Waals surface area contributed by atoms with E-state index in [2.05, 4.69) is 5.32 Å². The number of non-ortho nitro benzene ring substituents is 1. The molecule has 0 aliphatic carbocycles. The van der Waals surface area contributed by atoms with E-state index in [1.54, 1.807) is 12.1 Å². The highest BCUT2D eigenvalue weighted by atomic mass is 35.5. The number of carbonyl (C=O) groups excluding carboxylic acids is 2. The lowest BCUT2D eigenvalue weighted by atomic mass is 10.1. The Kier molecular flexibility index (Phi) is 3.93. The molecule has 116 valence electrons. The van der Waals surface area contributed by atoms with Gasteiger partial charge in [0.2, 0.25) is 0 Å². The first kappa shape index (κ1) is 15.3. The molecular weight excluding hydrogens is 344 g/mol. The van der Waals surface area contributed by atoms with E-state index in [0.717, 1.165) is 11.8 Å². The number of imide groups is 1. The Hall–Kier alpha value is -2.58. The van der Waals surface area contributed by atoms with Crippen LogP contribution in [0.25, 0.3) is 17.4 Å². The van der Waals surface area contributed by atoms with Gasteiger partial charge in [-0.05, 0) is 30.0 Å². The Morgan fingerprint density at radius 1 is 1.26 bits per heavy atom. The van der Waals surface area contributed by atoms with E-state index in [0.29, 0.717) is 17.1 Å². The maximum absolute atomic E-state index is 11.5. The Bertz CT molecular complexity index is 874.